The molecule has 0 spiro atoms. The predicted molar refractivity (Wildman–Crippen MR) is 63.9 cm³/mol. The fraction of sp³-hybridized carbons (Fsp3) is 0.231. The van der Waals surface area contributed by atoms with Crippen LogP contribution in [0.2, 0.25) is 0 Å². The Hall–Kier alpha value is -1.81. The maximum atomic E-state index is 13.1. The minimum absolute atomic E-state index is 0.0214. The number of nitrogens with zero attached hydrogens (tertiary/aromatic N) is 2. The van der Waals surface area contributed by atoms with Crippen molar-refractivity contribution in [1.82, 2.24) is 15.3 Å². The number of pyridine rings is 2. The van der Waals surface area contributed by atoms with Crippen LogP contribution in [-0.2, 0) is 6.42 Å². The Morgan fingerprint density at radius 2 is 2.24 bits per heavy atom. The maximum Gasteiger partial charge on any atom is 0.141 e. The Morgan fingerprint density at radius 3 is 2.88 bits per heavy atom. The van der Waals surface area contributed by atoms with Gasteiger partial charge in [-0.25, -0.2) is 4.39 Å². The normalized spacial score (nSPS) is 12.4. The monoisotopic (exact) mass is 231 g/mol. The van der Waals surface area contributed by atoms with E-state index in [-0.39, 0.29) is 11.9 Å². The predicted octanol–water partition coefficient (Wildman–Crippen LogP) is 2.12. The topological polar surface area (TPSA) is 37.8 Å². The molecule has 3 nitrogen and oxygen atoms in total. The van der Waals surface area contributed by atoms with Gasteiger partial charge in [-0.05, 0) is 30.8 Å². The van der Waals surface area contributed by atoms with Crippen LogP contribution in [0.1, 0.15) is 17.3 Å². The summed E-state index contributed by atoms with van der Waals surface area (Å²) in [5, 5.41) is 3.15. The third-order valence-corrected chi connectivity index (χ3v) is 2.62. The zero-order valence-corrected chi connectivity index (χ0v) is 9.60. The molecule has 0 aliphatic rings. The molecule has 0 aliphatic carbocycles. The summed E-state index contributed by atoms with van der Waals surface area (Å²) in [5.41, 5.74) is 1.80. The lowest BCUT2D eigenvalue weighted by Gasteiger charge is -2.15. The van der Waals surface area contributed by atoms with Gasteiger partial charge in [0.05, 0.1) is 6.20 Å². The highest BCUT2D eigenvalue weighted by molar-refractivity contribution is 5.18. The van der Waals surface area contributed by atoms with Crippen LogP contribution in [0.25, 0.3) is 0 Å². The van der Waals surface area contributed by atoms with Gasteiger partial charge >= 0.3 is 0 Å². The van der Waals surface area contributed by atoms with Gasteiger partial charge in [-0.15, -0.1) is 0 Å². The largest absolute Gasteiger partial charge is 0.313 e. The van der Waals surface area contributed by atoms with Crippen LogP contribution >= 0.6 is 0 Å². The van der Waals surface area contributed by atoms with E-state index in [1.807, 2.05) is 25.2 Å². The molecular formula is C13H14FN3. The molecule has 2 rings (SSSR count). The van der Waals surface area contributed by atoms with Crippen molar-refractivity contribution >= 4 is 0 Å². The second-order valence-corrected chi connectivity index (χ2v) is 3.80. The highest BCUT2D eigenvalue weighted by atomic mass is 19.1. The van der Waals surface area contributed by atoms with Crippen LogP contribution in [0.4, 0.5) is 4.39 Å². The summed E-state index contributed by atoms with van der Waals surface area (Å²) in [7, 11) is 1.85. The SMILES string of the molecule is CNC(Cc1ccccn1)c1cncc(F)c1. The molecule has 1 unspecified atom stereocenters. The van der Waals surface area contributed by atoms with E-state index in [1.54, 1.807) is 12.4 Å². The van der Waals surface area contributed by atoms with Crippen molar-refractivity contribution in [3.63, 3.8) is 0 Å². The van der Waals surface area contributed by atoms with Crippen molar-refractivity contribution in [3.8, 4) is 0 Å². The van der Waals surface area contributed by atoms with E-state index in [0.717, 1.165) is 11.3 Å². The van der Waals surface area contributed by atoms with Gasteiger partial charge in [0, 0.05) is 30.6 Å². The second-order valence-electron chi connectivity index (χ2n) is 3.80. The molecule has 4 heteroatoms. The highest BCUT2D eigenvalue weighted by Gasteiger charge is 2.11. The van der Waals surface area contributed by atoms with Gasteiger partial charge in [0.15, 0.2) is 0 Å². The molecule has 0 aromatic carbocycles. The van der Waals surface area contributed by atoms with E-state index < -0.39 is 0 Å². The minimum atomic E-state index is -0.316. The number of aromatic nitrogens is 2. The lowest BCUT2D eigenvalue weighted by Crippen LogP contribution is -2.19. The average molecular weight is 231 g/mol. The minimum Gasteiger partial charge on any atom is -0.313 e. The molecule has 2 aromatic rings. The van der Waals surface area contributed by atoms with Gasteiger partial charge < -0.3 is 5.32 Å². The number of likely N-dealkylation sites (N-methyl/N-ethyl adjacent to an activating group) is 1. The Labute approximate surface area is 99.7 Å². The van der Waals surface area contributed by atoms with Crippen LogP contribution in [0.5, 0.6) is 0 Å². The van der Waals surface area contributed by atoms with Crippen LogP contribution in [0.3, 0.4) is 0 Å². The summed E-state index contributed by atoms with van der Waals surface area (Å²) in [6, 6.07) is 7.29. The first-order valence-electron chi connectivity index (χ1n) is 5.47. The third-order valence-electron chi connectivity index (χ3n) is 2.62. The molecule has 0 amide bonds. The van der Waals surface area contributed by atoms with E-state index in [0.29, 0.717) is 6.42 Å². The first-order chi connectivity index (χ1) is 8.29. The second kappa shape index (κ2) is 5.50. The molecule has 0 radical (unpaired) electrons. The first-order valence-corrected chi connectivity index (χ1v) is 5.47. The van der Waals surface area contributed by atoms with Gasteiger partial charge in [-0.2, -0.15) is 0 Å². The van der Waals surface area contributed by atoms with Crippen LogP contribution in [0.15, 0.2) is 42.9 Å². The van der Waals surface area contributed by atoms with Crippen LogP contribution < -0.4 is 5.32 Å². The number of rotatable bonds is 4. The summed E-state index contributed by atoms with van der Waals surface area (Å²) < 4.78 is 13.1. The van der Waals surface area contributed by atoms with Crippen LogP contribution in [-0.4, -0.2) is 17.0 Å². The van der Waals surface area contributed by atoms with E-state index in [9.17, 15) is 4.39 Å². The van der Waals surface area contributed by atoms with Crippen molar-refractivity contribution in [1.29, 1.82) is 0 Å². The molecule has 2 aromatic heterocycles. The fourth-order valence-electron chi connectivity index (χ4n) is 1.73. The van der Waals surface area contributed by atoms with Gasteiger partial charge in [-0.1, -0.05) is 6.07 Å². The summed E-state index contributed by atoms with van der Waals surface area (Å²) in [4.78, 5) is 8.12. The summed E-state index contributed by atoms with van der Waals surface area (Å²) >= 11 is 0. The highest BCUT2D eigenvalue weighted by Crippen LogP contribution is 2.16. The van der Waals surface area contributed by atoms with E-state index >= 15 is 0 Å². The fourth-order valence-corrected chi connectivity index (χ4v) is 1.73. The lowest BCUT2D eigenvalue weighted by atomic mass is 10.0. The summed E-state index contributed by atoms with van der Waals surface area (Å²) in [6.45, 7) is 0. The number of nitrogens with one attached hydrogen (secondary N) is 1. The first kappa shape index (κ1) is 11.7. The Morgan fingerprint density at radius 1 is 1.35 bits per heavy atom. The van der Waals surface area contributed by atoms with Gasteiger partial charge in [0.1, 0.15) is 5.82 Å². The Bertz CT molecular complexity index is 473. The maximum absolute atomic E-state index is 13.1. The van der Waals surface area contributed by atoms with Gasteiger partial charge in [-0.3, -0.25) is 9.97 Å². The molecule has 88 valence electrons. The third kappa shape index (κ3) is 3.07. The average Bonchev–Trinajstić information content (AvgIpc) is 2.37. The molecular weight excluding hydrogens is 217 g/mol. The van der Waals surface area contributed by atoms with E-state index in [4.69, 9.17) is 0 Å². The Kier molecular flexibility index (Phi) is 3.77. The molecule has 0 saturated carbocycles. The van der Waals surface area contributed by atoms with Crippen molar-refractivity contribution in [2.24, 2.45) is 0 Å². The number of hydrogen-bond donors (Lipinski definition) is 1. The summed E-state index contributed by atoms with van der Waals surface area (Å²) in [6.07, 6.45) is 5.35. The zero-order chi connectivity index (χ0) is 12.1. The number of halogens is 1. The lowest BCUT2D eigenvalue weighted by molar-refractivity contribution is 0.566. The van der Waals surface area contributed by atoms with Crippen molar-refractivity contribution in [3.05, 3.63) is 59.9 Å². The van der Waals surface area contributed by atoms with E-state index in [1.165, 1.54) is 12.3 Å². The summed E-state index contributed by atoms with van der Waals surface area (Å²) in [5.74, 6) is -0.316. The quantitative estimate of drug-likeness (QED) is 0.875. The molecule has 0 fully saturated rings. The molecule has 1 atom stereocenters. The molecule has 1 N–H and O–H groups in total. The van der Waals surface area contributed by atoms with Gasteiger partial charge in [0.2, 0.25) is 0 Å². The Balaban J connectivity index is 2.17. The molecule has 0 aliphatic heterocycles. The van der Waals surface area contributed by atoms with Crippen molar-refractivity contribution in [2.45, 2.75) is 12.5 Å². The van der Waals surface area contributed by atoms with Crippen LogP contribution in [0, 0.1) is 5.82 Å². The molecule has 0 bridgehead atoms. The smallest absolute Gasteiger partial charge is 0.141 e. The molecule has 0 saturated heterocycles. The molecule has 17 heavy (non-hydrogen) atoms. The molecule has 2 heterocycles. The van der Waals surface area contributed by atoms with Crippen molar-refractivity contribution in [2.75, 3.05) is 7.05 Å². The van der Waals surface area contributed by atoms with Gasteiger partial charge in [0.25, 0.3) is 0 Å². The standard InChI is InChI=1S/C13H14FN3/c1-15-13(7-12-4-2-3-5-17-12)10-6-11(14)9-16-8-10/h2-6,8-9,13,15H,7H2,1H3. The zero-order valence-electron chi connectivity index (χ0n) is 9.60. The van der Waals surface area contributed by atoms with Crippen molar-refractivity contribution < 1.29 is 4.39 Å². The van der Waals surface area contributed by atoms with E-state index in [2.05, 4.69) is 15.3 Å². The number of hydrogen-bond acceptors (Lipinski definition) is 3.